The van der Waals surface area contributed by atoms with Crippen LogP contribution in [0.2, 0.25) is 0 Å². The molecule has 1 fully saturated rings. The minimum Gasteiger partial charge on any atom is -0.481 e. The molecule has 4 atom stereocenters. The Morgan fingerprint density at radius 1 is 1.07 bits per heavy atom. The van der Waals surface area contributed by atoms with Gasteiger partial charge in [-0.25, -0.2) is 4.79 Å². The van der Waals surface area contributed by atoms with Crippen LogP contribution in [0.5, 0.6) is 0 Å². The summed E-state index contributed by atoms with van der Waals surface area (Å²) in [5.74, 6) is -4.43. The third kappa shape index (κ3) is 7.40. The Kier molecular flexibility index (Phi) is 10.3. The number of rotatable bonds is 11. The van der Waals surface area contributed by atoms with Crippen LogP contribution < -0.4 is 16.4 Å². The molecule has 13 heteroatoms. The molecule has 4 unspecified atom stereocenters. The van der Waals surface area contributed by atoms with E-state index < -0.39 is 53.8 Å². The summed E-state index contributed by atoms with van der Waals surface area (Å²) in [4.78, 5) is 60.8. The molecule has 0 aliphatic carbocycles. The first-order chi connectivity index (χ1) is 13.6. The summed E-state index contributed by atoms with van der Waals surface area (Å²) in [6, 6.07) is -4.30. The Bertz CT molecular complexity index is 649. The van der Waals surface area contributed by atoms with Gasteiger partial charge in [0.1, 0.15) is 18.1 Å². The fraction of sp³-hybridized carbons (Fsp3) is 0.688. The molecule has 164 valence electrons. The third-order valence-corrected chi connectivity index (χ3v) is 5.19. The Morgan fingerprint density at radius 2 is 1.72 bits per heavy atom. The Hall–Kier alpha value is -1.99. The molecule has 1 heterocycles. The van der Waals surface area contributed by atoms with Crippen molar-refractivity contribution in [1.82, 2.24) is 15.5 Å². The third-order valence-electron chi connectivity index (χ3n) is 4.43. The van der Waals surface area contributed by atoms with Crippen LogP contribution in [0, 0.1) is 0 Å². The number of likely N-dealkylation sites (tertiary alicyclic amines) is 1. The highest BCUT2D eigenvalue weighted by molar-refractivity contribution is 7.80. The molecule has 0 saturated carbocycles. The van der Waals surface area contributed by atoms with E-state index >= 15 is 0 Å². The van der Waals surface area contributed by atoms with E-state index in [2.05, 4.69) is 35.9 Å². The zero-order chi connectivity index (χ0) is 22.1. The predicted octanol–water partition coefficient (Wildman–Crippen LogP) is -1.92. The number of hydrogen-bond donors (Lipinski definition) is 7. The molecule has 0 bridgehead atoms. The number of nitrogens with one attached hydrogen (secondary N) is 2. The molecule has 6 N–H and O–H groups in total. The molecule has 1 aliphatic rings. The van der Waals surface area contributed by atoms with E-state index in [4.69, 9.17) is 15.9 Å². The number of carbonyl (C=O) groups excluding carboxylic acids is 3. The molecule has 0 radical (unpaired) electrons. The van der Waals surface area contributed by atoms with Gasteiger partial charge < -0.3 is 31.5 Å². The van der Waals surface area contributed by atoms with Gasteiger partial charge in [0.2, 0.25) is 17.7 Å². The van der Waals surface area contributed by atoms with Crippen LogP contribution in [-0.2, 0) is 24.0 Å². The number of carbonyl (C=O) groups is 5. The number of hydrogen-bond acceptors (Lipinski definition) is 8. The van der Waals surface area contributed by atoms with Gasteiger partial charge >= 0.3 is 11.9 Å². The van der Waals surface area contributed by atoms with Gasteiger partial charge in [-0.15, -0.1) is 0 Å². The average molecular weight is 451 g/mol. The summed E-state index contributed by atoms with van der Waals surface area (Å²) in [6.45, 7) is 0.216. The lowest BCUT2D eigenvalue weighted by molar-refractivity contribution is -0.144. The maximum absolute atomic E-state index is 13.0. The lowest BCUT2D eigenvalue weighted by Gasteiger charge is -2.29. The van der Waals surface area contributed by atoms with Gasteiger partial charge in [0, 0.05) is 24.5 Å². The SMILES string of the molecule is NC(CS)C(=O)NC(CCC(=O)O)C(=O)N1CCCC1C(=O)NC(CS)C(=O)O. The van der Waals surface area contributed by atoms with E-state index in [9.17, 15) is 24.0 Å². The zero-order valence-corrected chi connectivity index (χ0v) is 17.4. The molecule has 0 aromatic carbocycles. The molecule has 0 aromatic heterocycles. The van der Waals surface area contributed by atoms with E-state index in [1.807, 2.05) is 0 Å². The Morgan fingerprint density at radius 3 is 2.24 bits per heavy atom. The molecule has 1 rings (SSSR count). The second-order valence-electron chi connectivity index (χ2n) is 6.55. The maximum Gasteiger partial charge on any atom is 0.327 e. The highest BCUT2D eigenvalue weighted by Crippen LogP contribution is 2.20. The van der Waals surface area contributed by atoms with Crippen molar-refractivity contribution in [3.05, 3.63) is 0 Å². The largest absolute Gasteiger partial charge is 0.481 e. The van der Waals surface area contributed by atoms with Crippen molar-refractivity contribution in [1.29, 1.82) is 0 Å². The molecule has 3 amide bonds. The number of thiol groups is 2. The van der Waals surface area contributed by atoms with Crippen LogP contribution in [0.3, 0.4) is 0 Å². The summed E-state index contributed by atoms with van der Waals surface area (Å²) in [5.41, 5.74) is 5.59. The minimum absolute atomic E-state index is 0.0285. The van der Waals surface area contributed by atoms with Crippen molar-refractivity contribution >= 4 is 54.9 Å². The van der Waals surface area contributed by atoms with Gasteiger partial charge in [-0.05, 0) is 19.3 Å². The summed E-state index contributed by atoms with van der Waals surface area (Å²) < 4.78 is 0. The van der Waals surface area contributed by atoms with Crippen molar-refractivity contribution in [2.75, 3.05) is 18.1 Å². The van der Waals surface area contributed by atoms with Gasteiger partial charge in [0.05, 0.1) is 6.04 Å². The molecule has 0 aromatic rings. The van der Waals surface area contributed by atoms with E-state index in [0.717, 1.165) is 0 Å². The van der Waals surface area contributed by atoms with Crippen molar-refractivity contribution in [2.45, 2.75) is 49.9 Å². The van der Waals surface area contributed by atoms with Crippen molar-refractivity contribution < 1.29 is 34.2 Å². The molecular weight excluding hydrogens is 424 g/mol. The topological polar surface area (TPSA) is 179 Å². The predicted molar refractivity (Wildman–Crippen MR) is 109 cm³/mol. The van der Waals surface area contributed by atoms with Gasteiger partial charge in [0.15, 0.2) is 0 Å². The fourth-order valence-electron chi connectivity index (χ4n) is 2.84. The Labute approximate surface area is 178 Å². The summed E-state index contributed by atoms with van der Waals surface area (Å²) in [5, 5.41) is 22.7. The van der Waals surface area contributed by atoms with Crippen molar-refractivity contribution in [2.24, 2.45) is 5.73 Å². The second kappa shape index (κ2) is 11.9. The van der Waals surface area contributed by atoms with Gasteiger partial charge in [0.25, 0.3) is 0 Å². The number of carboxylic acid groups (broad SMARTS) is 2. The number of nitrogens with two attached hydrogens (primary N) is 1. The minimum atomic E-state index is -1.25. The molecule has 0 spiro atoms. The lowest BCUT2D eigenvalue weighted by atomic mass is 10.1. The monoisotopic (exact) mass is 450 g/mol. The summed E-state index contributed by atoms with van der Waals surface area (Å²) in [7, 11) is 0. The fourth-order valence-corrected chi connectivity index (χ4v) is 3.26. The van der Waals surface area contributed by atoms with E-state index in [1.54, 1.807) is 0 Å². The smallest absolute Gasteiger partial charge is 0.327 e. The van der Waals surface area contributed by atoms with E-state index in [-0.39, 0.29) is 30.9 Å². The van der Waals surface area contributed by atoms with E-state index in [0.29, 0.717) is 12.8 Å². The number of carboxylic acids is 2. The van der Waals surface area contributed by atoms with Crippen molar-refractivity contribution in [3.63, 3.8) is 0 Å². The van der Waals surface area contributed by atoms with Crippen LogP contribution in [0.15, 0.2) is 0 Å². The molecular formula is C16H26N4O7S2. The van der Waals surface area contributed by atoms with E-state index in [1.165, 1.54) is 4.90 Å². The first-order valence-corrected chi connectivity index (χ1v) is 10.2. The number of aliphatic carboxylic acids is 2. The highest BCUT2D eigenvalue weighted by atomic mass is 32.1. The van der Waals surface area contributed by atoms with Gasteiger partial charge in [-0.1, -0.05) is 0 Å². The second-order valence-corrected chi connectivity index (χ2v) is 7.28. The summed E-state index contributed by atoms with van der Waals surface area (Å²) >= 11 is 7.80. The van der Waals surface area contributed by atoms with Crippen molar-refractivity contribution in [3.8, 4) is 0 Å². The van der Waals surface area contributed by atoms with Crippen LogP contribution in [0.25, 0.3) is 0 Å². The maximum atomic E-state index is 13.0. The summed E-state index contributed by atoms with van der Waals surface area (Å²) in [6.07, 6.45) is 0.251. The van der Waals surface area contributed by atoms with Crippen LogP contribution in [0.4, 0.5) is 0 Å². The van der Waals surface area contributed by atoms with Crippen LogP contribution in [0.1, 0.15) is 25.7 Å². The highest BCUT2D eigenvalue weighted by Gasteiger charge is 2.39. The Balaban J connectivity index is 2.93. The average Bonchev–Trinajstić information content (AvgIpc) is 3.17. The first-order valence-electron chi connectivity index (χ1n) is 8.95. The number of nitrogens with zero attached hydrogens (tertiary/aromatic N) is 1. The molecule has 1 saturated heterocycles. The van der Waals surface area contributed by atoms with Crippen LogP contribution >= 0.6 is 25.3 Å². The molecule has 29 heavy (non-hydrogen) atoms. The lowest BCUT2D eigenvalue weighted by Crippen LogP contribution is -2.57. The standard InChI is InChI=1S/C16H26N4O7S2/c17-8(6-28)13(23)18-9(3-4-12(21)22)15(25)20-5-1-2-11(20)14(24)19-10(7-29)16(26)27/h8-11,28-29H,1-7,17H2,(H,18,23)(H,19,24)(H,21,22)(H,26,27). The quantitative estimate of drug-likeness (QED) is 0.178. The first kappa shape index (κ1) is 25.0. The molecule has 11 nitrogen and oxygen atoms in total. The normalized spacial score (nSPS) is 19.1. The number of amides is 3. The van der Waals surface area contributed by atoms with Gasteiger partial charge in [-0.2, -0.15) is 25.3 Å². The van der Waals surface area contributed by atoms with Crippen LogP contribution in [-0.4, -0.2) is 87.0 Å². The molecule has 1 aliphatic heterocycles. The van der Waals surface area contributed by atoms with Gasteiger partial charge in [-0.3, -0.25) is 19.2 Å². The zero-order valence-electron chi connectivity index (χ0n) is 15.6.